The highest BCUT2D eigenvalue weighted by atomic mass is 28.3. The standard InChI is InChI=1S/C62H62Si2/c1-49(2)63(50(3)4,51(5)6)47-45-59(61(41-37-55-27-17-13-18-28-55)42-38-56-29-19-14-20-30-56)35-25-26-36-60(46-48-64(52(7)8,53(9)10)54(11)12)62(43-39-57-31-21-15-22-32-57)44-40-58-33-23-16-24-34-58/h13-24,27-34,49-54H,1-12H3. The van der Waals surface area contributed by atoms with E-state index in [-0.39, 0.29) is 0 Å². The van der Waals surface area contributed by atoms with Crippen LogP contribution in [-0.4, -0.2) is 16.1 Å². The van der Waals surface area contributed by atoms with Crippen LogP contribution in [0.5, 0.6) is 0 Å². The quantitative estimate of drug-likeness (QED) is 0.134. The molecule has 0 nitrogen and oxygen atoms in total. The van der Waals surface area contributed by atoms with Crippen molar-refractivity contribution < 1.29 is 0 Å². The minimum atomic E-state index is -2.17. The van der Waals surface area contributed by atoms with Crippen molar-refractivity contribution in [3.63, 3.8) is 0 Å². The molecule has 0 radical (unpaired) electrons. The van der Waals surface area contributed by atoms with Gasteiger partial charge < -0.3 is 0 Å². The van der Waals surface area contributed by atoms with Gasteiger partial charge in [-0.1, -0.05) is 215 Å². The highest BCUT2D eigenvalue weighted by Crippen LogP contribution is 2.42. The fraction of sp³-hybridized carbons (Fsp3) is 0.290. The average molecular weight is 863 g/mol. The third-order valence-corrected chi connectivity index (χ3v) is 24.5. The highest BCUT2D eigenvalue weighted by Gasteiger charge is 2.42. The molecule has 64 heavy (non-hydrogen) atoms. The van der Waals surface area contributed by atoms with Gasteiger partial charge in [-0.05, 0) is 105 Å². The number of allylic oxidation sites excluding steroid dienone is 4. The first-order chi connectivity index (χ1) is 30.7. The van der Waals surface area contributed by atoms with E-state index in [0.29, 0.717) is 55.5 Å². The Kier molecular flexibility index (Phi) is 19.3. The minimum absolute atomic E-state index is 0.431. The topological polar surface area (TPSA) is 0 Å². The van der Waals surface area contributed by atoms with Gasteiger partial charge in [0, 0.05) is 22.3 Å². The molecule has 0 aliphatic carbocycles. The Morgan fingerprint density at radius 2 is 0.484 bits per heavy atom. The number of hydrogen-bond acceptors (Lipinski definition) is 0. The zero-order chi connectivity index (χ0) is 46.5. The lowest BCUT2D eigenvalue weighted by Crippen LogP contribution is -2.43. The summed E-state index contributed by atoms with van der Waals surface area (Å²) in [4.78, 5) is 0. The third kappa shape index (κ3) is 13.9. The van der Waals surface area contributed by atoms with Crippen LogP contribution >= 0.6 is 0 Å². The molecule has 0 fully saturated rings. The van der Waals surface area contributed by atoms with E-state index in [1.54, 1.807) is 0 Å². The lowest BCUT2D eigenvalue weighted by Gasteiger charge is -2.38. The second kappa shape index (κ2) is 24.8. The summed E-state index contributed by atoms with van der Waals surface area (Å²) in [5.74, 6) is 47.3. The predicted octanol–water partition coefficient (Wildman–Crippen LogP) is 14.2. The van der Waals surface area contributed by atoms with E-state index in [0.717, 1.165) is 22.3 Å². The SMILES string of the molecule is CC(C)[Si](C#CC(C#CC#CC(C#C[Si](C(C)C)(C(C)C)C(C)C)=C(C#Cc1ccccc1)C#Cc1ccccc1)=C(C#Cc1ccccc1)C#Cc1ccccc1)(C(C)C)C(C)C. The Morgan fingerprint density at radius 3 is 0.688 bits per heavy atom. The molecule has 0 aliphatic heterocycles. The van der Waals surface area contributed by atoms with E-state index < -0.39 is 16.1 Å². The molecule has 0 N–H and O–H groups in total. The zero-order valence-corrected chi connectivity index (χ0v) is 42.0. The molecule has 4 aromatic rings. The van der Waals surface area contributed by atoms with Crippen molar-refractivity contribution >= 4 is 16.1 Å². The van der Waals surface area contributed by atoms with Crippen LogP contribution in [0.2, 0.25) is 33.2 Å². The second-order valence-electron chi connectivity index (χ2n) is 17.8. The van der Waals surface area contributed by atoms with Crippen molar-refractivity contribution in [1.82, 2.24) is 0 Å². The molecule has 0 spiro atoms. The van der Waals surface area contributed by atoms with E-state index in [9.17, 15) is 0 Å². The molecule has 4 aromatic carbocycles. The van der Waals surface area contributed by atoms with Crippen LogP contribution in [0.25, 0.3) is 0 Å². The van der Waals surface area contributed by atoms with Gasteiger partial charge in [-0.2, -0.15) is 0 Å². The minimum Gasteiger partial charge on any atom is -0.124 e. The van der Waals surface area contributed by atoms with Gasteiger partial charge in [0.1, 0.15) is 16.1 Å². The first-order valence-corrected chi connectivity index (χ1v) is 27.0. The van der Waals surface area contributed by atoms with Gasteiger partial charge in [0.05, 0.1) is 22.3 Å². The summed E-state index contributed by atoms with van der Waals surface area (Å²) in [6, 6.07) is 39.8. The summed E-state index contributed by atoms with van der Waals surface area (Å²) in [6.07, 6.45) is 0. The molecular weight excluding hydrogens is 801 g/mol. The Hall–Kier alpha value is -6.73. The molecule has 0 heterocycles. The molecule has 318 valence electrons. The maximum atomic E-state index is 3.89. The van der Waals surface area contributed by atoms with Gasteiger partial charge in [0.15, 0.2) is 0 Å². The van der Waals surface area contributed by atoms with Crippen LogP contribution in [0.1, 0.15) is 105 Å². The second-order valence-corrected chi connectivity index (χ2v) is 28.9. The highest BCUT2D eigenvalue weighted by molar-refractivity contribution is 6.91. The summed E-state index contributed by atoms with van der Waals surface area (Å²) in [6.45, 7) is 27.8. The summed E-state index contributed by atoms with van der Waals surface area (Å²) in [7, 11) is -4.34. The number of benzene rings is 4. The Bertz CT molecular complexity index is 2430. The summed E-state index contributed by atoms with van der Waals surface area (Å²) >= 11 is 0. The first-order valence-electron chi connectivity index (χ1n) is 22.6. The molecule has 0 aliphatic rings. The molecule has 0 saturated carbocycles. The zero-order valence-electron chi connectivity index (χ0n) is 40.0. The Labute approximate surface area is 390 Å². The summed E-state index contributed by atoms with van der Waals surface area (Å²) in [5, 5.41) is 0. The van der Waals surface area contributed by atoms with Gasteiger partial charge >= 0.3 is 0 Å². The molecule has 0 aromatic heterocycles. The van der Waals surface area contributed by atoms with Crippen LogP contribution < -0.4 is 0 Å². The van der Waals surface area contributed by atoms with E-state index in [1.807, 2.05) is 121 Å². The average Bonchev–Trinajstić information content (AvgIpc) is 3.27. The van der Waals surface area contributed by atoms with Gasteiger partial charge in [0.2, 0.25) is 0 Å². The molecule has 0 amide bonds. The smallest absolute Gasteiger partial charge is 0.124 e. The van der Waals surface area contributed by atoms with E-state index in [1.165, 1.54) is 0 Å². The summed E-state index contributed by atoms with van der Waals surface area (Å²) < 4.78 is 0. The van der Waals surface area contributed by atoms with Crippen LogP contribution in [0, 0.1) is 94.0 Å². The lowest BCUT2D eigenvalue weighted by molar-refractivity contribution is 0.838. The van der Waals surface area contributed by atoms with Gasteiger partial charge in [-0.3, -0.25) is 0 Å². The molecule has 0 atom stereocenters. The molecule has 0 unspecified atom stereocenters. The van der Waals surface area contributed by atoms with Crippen molar-refractivity contribution in [3.05, 3.63) is 166 Å². The van der Waals surface area contributed by atoms with Crippen molar-refractivity contribution in [2.75, 3.05) is 0 Å². The van der Waals surface area contributed by atoms with Gasteiger partial charge in [-0.15, -0.1) is 11.1 Å². The van der Waals surface area contributed by atoms with Gasteiger partial charge in [-0.25, -0.2) is 0 Å². The molecular formula is C62H62Si2. The molecule has 4 rings (SSSR count). The Morgan fingerprint density at radius 1 is 0.281 bits per heavy atom. The van der Waals surface area contributed by atoms with E-state index in [4.69, 9.17) is 0 Å². The molecule has 0 saturated heterocycles. The van der Waals surface area contributed by atoms with E-state index in [2.05, 4.69) is 177 Å². The first kappa shape index (κ1) is 49.9. The fourth-order valence-electron chi connectivity index (χ4n) is 8.64. The Balaban J connectivity index is 2.13. The van der Waals surface area contributed by atoms with E-state index >= 15 is 0 Å². The van der Waals surface area contributed by atoms with Crippen LogP contribution in [0.15, 0.2) is 144 Å². The maximum Gasteiger partial charge on any atom is 0.146 e. The number of rotatable bonds is 6. The third-order valence-electron chi connectivity index (χ3n) is 11.9. The van der Waals surface area contributed by atoms with Crippen molar-refractivity contribution in [3.8, 4) is 94.0 Å². The van der Waals surface area contributed by atoms with Crippen molar-refractivity contribution in [2.45, 2.75) is 116 Å². The fourth-order valence-corrected chi connectivity index (χ4v) is 19.1. The molecule has 0 bridgehead atoms. The van der Waals surface area contributed by atoms with Crippen molar-refractivity contribution in [1.29, 1.82) is 0 Å². The summed E-state index contributed by atoms with van der Waals surface area (Å²) in [5.41, 5.74) is 16.2. The normalized spacial score (nSPS) is 10.3. The molecule has 2 heteroatoms. The lowest BCUT2D eigenvalue weighted by atomic mass is 10.1. The largest absolute Gasteiger partial charge is 0.146 e. The maximum absolute atomic E-state index is 3.89. The van der Waals surface area contributed by atoms with Crippen molar-refractivity contribution in [2.24, 2.45) is 0 Å². The predicted molar refractivity (Wildman–Crippen MR) is 281 cm³/mol. The van der Waals surface area contributed by atoms with Crippen LogP contribution in [-0.2, 0) is 0 Å². The van der Waals surface area contributed by atoms with Crippen LogP contribution in [0.3, 0.4) is 0 Å². The van der Waals surface area contributed by atoms with Gasteiger partial charge in [0.25, 0.3) is 0 Å². The monoisotopic (exact) mass is 862 g/mol. The van der Waals surface area contributed by atoms with Crippen LogP contribution in [0.4, 0.5) is 0 Å². The number of hydrogen-bond donors (Lipinski definition) is 0.